The maximum absolute atomic E-state index is 11.9. The summed E-state index contributed by atoms with van der Waals surface area (Å²) in [6.07, 6.45) is 5.85. The Morgan fingerprint density at radius 2 is 1.33 bits per heavy atom. The summed E-state index contributed by atoms with van der Waals surface area (Å²) in [5.74, 6) is -0.171. The molecule has 0 fully saturated rings. The van der Waals surface area contributed by atoms with Gasteiger partial charge in [0, 0.05) is 23.8 Å². The number of carbonyl (C=O) groups excluding carboxylic acids is 1. The van der Waals surface area contributed by atoms with Crippen LogP contribution in [0.1, 0.15) is 95.1 Å². The highest BCUT2D eigenvalue weighted by Crippen LogP contribution is 2.42. The highest BCUT2D eigenvalue weighted by molar-refractivity contribution is 6.74. The third-order valence-corrected chi connectivity index (χ3v) is 20.1. The number of aliphatic hydroxyl groups excluding tert-OH is 1. The average Bonchev–Trinajstić information content (AvgIpc) is 2.99. The number of aliphatic hydroxyl groups is 1. The van der Waals surface area contributed by atoms with Crippen LogP contribution in [0.3, 0.4) is 0 Å². The van der Waals surface area contributed by atoms with Crippen molar-refractivity contribution in [2.24, 2.45) is 29.6 Å². The average molecular weight is 719 g/mol. The van der Waals surface area contributed by atoms with E-state index >= 15 is 0 Å². The Morgan fingerprint density at radius 3 is 1.82 bits per heavy atom. The number of allylic oxidation sites excluding steroid dienone is 1. The van der Waals surface area contributed by atoms with Crippen LogP contribution in [0.5, 0.6) is 0 Å². The lowest BCUT2D eigenvalue weighted by Gasteiger charge is -2.44. The van der Waals surface area contributed by atoms with Gasteiger partial charge in [-0.05, 0) is 67.0 Å². The second kappa shape index (κ2) is 19.3. The molecule has 0 aromatic heterocycles. The minimum Gasteiger partial charge on any atom is -0.466 e. The highest BCUT2D eigenvalue weighted by Gasteiger charge is 2.44. The van der Waals surface area contributed by atoms with Gasteiger partial charge in [-0.25, -0.2) is 4.79 Å². The van der Waals surface area contributed by atoms with Crippen molar-refractivity contribution < 1.29 is 28.2 Å². The van der Waals surface area contributed by atoms with E-state index in [9.17, 15) is 9.90 Å². The van der Waals surface area contributed by atoms with E-state index in [0.717, 1.165) is 12.0 Å². The predicted octanol–water partition coefficient (Wildman–Crippen LogP) is 10.6. The van der Waals surface area contributed by atoms with Crippen LogP contribution in [0.25, 0.3) is 0 Å². The second-order valence-corrected chi connectivity index (χ2v) is 27.3. The standard InChI is InChI=1S/C41H74O6Si2/c1-29(25-31(3)38(30(2)23-24-36(42)44-13)46-48(14,15)40(7,8)9)26-32(4)39(47-49(16,17)41(10,11)12)34(6)37(43)33(5)27-45-28-35-21-19-18-20-22-35/h18-25,30-34,37-39,43H,26-28H2,1-17H3/b24-23-,29-25-/t30-,31-,32-,33-,34+,37-,38-,39+/m0/s1. The molecule has 0 aliphatic heterocycles. The SMILES string of the molecule is COC(=O)/C=C\[C@H](C)[C@H](O[Si](C)(C)C(C)(C)C)[C@@H](C)/C=C(/C)C[C@H](C)[C@@H](O[Si](C)(C)C(C)(C)C)[C@H](C)[C@@H](O)[C@@H](C)COCc1ccccc1. The van der Waals surface area contributed by atoms with Gasteiger partial charge in [-0.15, -0.1) is 0 Å². The van der Waals surface area contributed by atoms with Crippen LogP contribution in [0.2, 0.25) is 36.3 Å². The van der Waals surface area contributed by atoms with Gasteiger partial charge in [0.15, 0.2) is 16.6 Å². The van der Waals surface area contributed by atoms with Crippen molar-refractivity contribution >= 4 is 22.6 Å². The fourth-order valence-electron chi connectivity index (χ4n) is 5.86. The third-order valence-electron chi connectivity index (χ3n) is 11.1. The predicted molar refractivity (Wildman–Crippen MR) is 212 cm³/mol. The summed E-state index contributed by atoms with van der Waals surface area (Å²) in [6.45, 7) is 36.8. The molecule has 8 heteroatoms. The molecular formula is C41H74O6Si2. The van der Waals surface area contributed by atoms with E-state index in [1.54, 1.807) is 0 Å². The lowest BCUT2D eigenvalue weighted by atomic mass is 9.81. The monoisotopic (exact) mass is 719 g/mol. The van der Waals surface area contributed by atoms with Crippen LogP contribution in [0.4, 0.5) is 0 Å². The Bertz CT molecular complexity index is 1180. The maximum Gasteiger partial charge on any atom is 0.330 e. The van der Waals surface area contributed by atoms with Gasteiger partial charge in [0.25, 0.3) is 0 Å². The first kappa shape index (κ1) is 45.5. The van der Waals surface area contributed by atoms with Crippen molar-refractivity contribution in [2.75, 3.05) is 13.7 Å². The molecular weight excluding hydrogens is 645 g/mol. The topological polar surface area (TPSA) is 74.2 Å². The molecule has 8 atom stereocenters. The van der Waals surface area contributed by atoms with Crippen LogP contribution in [-0.4, -0.2) is 59.7 Å². The fraction of sp³-hybridized carbons (Fsp3) is 0.732. The van der Waals surface area contributed by atoms with E-state index < -0.39 is 22.7 Å². The van der Waals surface area contributed by atoms with Crippen LogP contribution >= 0.6 is 0 Å². The molecule has 282 valence electrons. The largest absolute Gasteiger partial charge is 0.466 e. The van der Waals surface area contributed by atoms with E-state index in [0.29, 0.717) is 13.2 Å². The third kappa shape index (κ3) is 14.5. The van der Waals surface area contributed by atoms with Crippen molar-refractivity contribution in [2.45, 2.75) is 151 Å². The zero-order valence-electron chi connectivity index (χ0n) is 34.3. The van der Waals surface area contributed by atoms with E-state index in [1.807, 2.05) is 24.3 Å². The molecule has 1 aromatic rings. The van der Waals surface area contributed by atoms with Gasteiger partial charge in [-0.1, -0.05) is 124 Å². The lowest BCUT2D eigenvalue weighted by molar-refractivity contribution is -0.134. The summed E-state index contributed by atoms with van der Waals surface area (Å²) in [4.78, 5) is 11.9. The van der Waals surface area contributed by atoms with Crippen LogP contribution < -0.4 is 0 Å². The van der Waals surface area contributed by atoms with Crippen molar-refractivity contribution in [3.05, 3.63) is 59.7 Å². The molecule has 6 nitrogen and oxygen atoms in total. The van der Waals surface area contributed by atoms with Crippen molar-refractivity contribution in [1.82, 2.24) is 0 Å². The van der Waals surface area contributed by atoms with Crippen molar-refractivity contribution in [3.8, 4) is 0 Å². The lowest BCUT2D eigenvalue weighted by Crippen LogP contribution is -2.50. The molecule has 1 N–H and O–H groups in total. The summed E-state index contributed by atoms with van der Waals surface area (Å²) in [6, 6.07) is 10.2. The summed E-state index contributed by atoms with van der Waals surface area (Å²) < 4.78 is 25.1. The van der Waals surface area contributed by atoms with E-state index in [4.69, 9.17) is 18.3 Å². The Labute approximate surface area is 303 Å². The molecule has 0 saturated carbocycles. The van der Waals surface area contributed by atoms with E-state index in [2.05, 4.69) is 127 Å². The number of benzene rings is 1. The first-order chi connectivity index (χ1) is 22.3. The fourth-order valence-corrected chi connectivity index (χ4v) is 8.80. The van der Waals surface area contributed by atoms with Gasteiger partial charge in [0.1, 0.15) is 0 Å². The molecule has 0 spiro atoms. The van der Waals surface area contributed by atoms with Gasteiger partial charge in [0.05, 0.1) is 38.6 Å². The van der Waals surface area contributed by atoms with Crippen LogP contribution in [-0.2, 0) is 29.7 Å². The summed E-state index contributed by atoms with van der Waals surface area (Å²) in [7, 11) is -2.85. The van der Waals surface area contributed by atoms with Crippen molar-refractivity contribution in [1.29, 1.82) is 0 Å². The van der Waals surface area contributed by atoms with Crippen LogP contribution in [0, 0.1) is 29.6 Å². The number of rotatable bonds is 19. The Morgan fingerprint density at radius 1 is 0.816 bits per heavy atom. The van der Waals surface area contributed by atoms with Gasteiger partial charge in [-0.2, -0.15) is 0 Å². The van der Waals surface area contributed by atoms with Crippen LogP contribution in [0.15, 0.2) is 54.1 Å². The summed E-state index contributed by atoms with van der Waals surface area (Å²) >= 11 is 0. The summed E-state index contributed by atoms with van der Waals surface area (Å²) in [5.41, 5.74) is 2.41. The molecule has 0 saturated heterocycles. The molecule has 0 amide bonds. The minimum absolute atomic E-state index is 0.0140. The molecule has 1 aromatic carbocycles. The van der Waals surface area contributed by atoms with Gasteiger partial charge in [0.2, 0.25) is 0 Å². The number of hydrogen-bond donors (Lipinski definition) is 1. The van der Waals surface area contributed by atoms with Gasteiger partial charge in [-0.3, -0.25) is 0 Å². The van der Waals surface area contributed by atoms with E-state index in [1.165, 1.54) is 18.8 Å². The highest BCUT2D eigenvalue weighted by atomic mass is 28.4. The molecule has 1 rings (SSSR count). The second-order valence-electron chi connectivity index (χ2n) is 17.8. The minimum atomic E-state index is -2.15. The number of ether oxygens (including phenoxy) is 2. The Balaban J connectivity index is 3.30. The van der Waals surface area contributed by atoms with Gasteiger partial charge >= 0.3 is 5.97 Å². The quantitative estimate of drug-likeness (QED) is 0.0664. The molecule has 0 unspecified atom stereocenters. The number of esters is 1. The van der Waals surface area contributed by atoms with Crippen molar-refractivity contribution in [3.63, 3.8) is 0 Å². The smallest absolute Gasteiger partial charge is 0.330 e. The zero-order chi connectivity index (χ0) is 38.0. The Hall–Kier alpha value is -1.56. The molecule has 0 heterocycles. The Kier molecular flexibility index (Phi) is 17.9. The molecule has 0 aliphatic carbocycles. The molecule has 0 radical (unpaired) electrons. The zero-order valence-corrected chi connectivity index (χ0v) is 36.3. The normalized spacial score (nSPS) is 18.8. The molecule has 49 heavy (non-hydrogen) atoms. The first-order valence-electron chi connectivity index (χ1n) is 18.4. The van der Waals surface area contributed by atoms with E-state index in [-0.39, 0.29) is 57.8 Å². The number of hydrogen-bond acceptors (Lipinski definition) is 6. The van der Waals surface area contributed by atoms with Gasteiger partial charge < -0.3 is 23.4 Å². The first-order valence-corrected chi connectivity index (χ1v) is 24.2. The molecule has 0 aliphatic rings. The maximum atomic E-state index is 11.9. The molecule has 0 bridgehead atoms. The summed E-state index contributed by atoms with van der Waals surface area (Å²) in [5, 5.41) is 11.8. The number of methoxy groups -OCH3 is 1. The number of carbonyl (C=O) groups is 1.